The molecule has 62 valence electrons. The van der Waals surface area contributed by atoms with E-state index in [9.17, 15) is 0 Å². The Labute approximate surface area is 71.3 Å². The first-order valence-corrected chi connectivity index (χ1v) is 3.72. The SMILES string of the molecule is [CH]NCc1ccc2c(c1)OCO2. The van der Waals surface area contributed by atoms with Gasteiger partial charge in [0.2, 0.25) is 6.79 Å². The average Bonchev–Trinajstić information content (AvgIpc) is 2.51. The maximum atomic E-state index is 5.19. The Balaban J connectivity index is 2.26. The molecule has 12 heavy (non-hydrogen) atoms. The second kappa shape index (κ2) is 3.03. The first-order valence-electron chi connectivity index (χ1n) is 3.72. The summed E-state index contributed by atoms with van der Waals surface area (Å²) >= 11 is 0. The average molecular weight is 163 g/mol. The van der Waals surface area contributed by atoms with Crippen molar-refractivity contribution in [3.05, 3.63) is 30.8 Å². The molecule has 1 aliphatic rings. The summed E-state index contributed by atoms with van der Waals surface area (Å²) in [6, 6.07) is 5.75. The molecule has 0 fully saturated rings. The van der Waals surface area contributed by atoms with Crippen LogP contribution in [0.15, 0.2) is 18.2 Å². The highest BCUT2D eigenvalue weighted by Gasteiger charge is 2.12. The third-order valence-electron chi connectivity index (χ3n) is 1.74. The van der Waals surface area contributed by atoms with Crippen LogP contribution < -0.4 is 14.8 Å². The normalized spacial score (nSPS) is 13.4. The van der Waals surface area contributed by atoms with E-state index in [0.717, 1.165) is 17.1 Å². The van der Waals surface area contributed by atoms with Crippen LogP contribution in [0.5, 0.6) is 11.5 Å². The fourth-order valence-electron chi connectivity index (χ4n) is 1.17. The van der Waals surface area contributed by atoms with Gasteiger partial charge in [-0.25, -0.2) is 0 Å². The highest BCUT2D eigenvalue weighted by Crippen LogP contribution is 2.32. The molecule has 0 saturated heterocycles. The summed E-state index contributed by atoms with van der Waals surface area (Å²) in [5, 5.41) is 2.58. The maximum Gasteiger partial charge on any atom is 0.231 e. The van der Waals surface area contributed by atoms with Crippen molar-refractivity contribution < 1.29 is 9.47 Å². The van der Waals surface area contributed by atoms with Gasteiger partial charge < -0.3 is 14.8 Å². The zero-order valence-electron chi connectivity index (χ0n) is 6.54. The number of fused-ring (bicyclic) bond motifs is 1. The quantitative estimate of drug-likeness (QED) is 0.664. The van der Waals surface area contributed by atoms with Gasteiger partial charge in [-0.2, -0.15) is 0 Å². The lowest BCUT2D eigenvalue weighted by atomic mass is 10.2. The van der Waals surface area contributed by atoms with E-state index in [1.807, 2.05) is 18.2 Å². The van der Waals surface area contributed by atoms with Crippen LogP contribution in [0.4, 0.5) is 0 Å². The van der Waals surface area contributed by atoms with Gasteiger partial charge in [0, 0.05) is 13.6 Å². The topological polar surface area (TPSA) is 30.5 Å². The molecule has 3 heteroatoms. The molecule has 0 amide bonds. The molecule has 3 nitrogen and oxygen atoms in total. The highest BCUT2D eigenvalue weighted by atomic mass is 16.7. The molecule has 1 aromatic carbocycles. The predicted molar refractivity (Wildman–Crippen MR) is 43.7 cm³/mol. The number of ether oxygens (including phenoxy) is 2. The van der Waals surface area contributed by atoms with Gasteiger partial charge in [-0.15, -0.1) is 0 Å². The molecular weight excluding hydrogens is 154 g/mol. The Bertz CT molecular complexity index is 286. The van der Waals surface area contributed by atoms with E-state index >= 15 is 0 Å². The van der Waals surface area contributed by atoms with Crippen LogP contribution in [0.2, 0.25) is 0 Å². The summed E-state index contributed by atoms with van der Waals surface area (Å²) in [5.74, 6) is 1.60. The fourth-order valence-corrected chi connectivity index (χ4v) is 1.17. The maximum absolute atomic E-state index is 5.19. The van der Waals surface area contributed by atoms with Crippen LogP contribution in [0.3, 0.4) is 0 Å². The van der Waals surface area contributed by atoms with Gasteiger partial charge in [-0.3, -0.25) is 0 Å². The van der Waals surface area contributed by atoms with E-state index in [2.05, 4.69) is 5.32 Å². The van der Waals surface area contributed by atoms with Crippen molar-refractivity contribution >= 4 is 0 Å². The molecule has 0 aromatic heterocycles. The zero-order valence-corrected chi connectivity index (χ0v) is 6.54. The molecule has 1 aromatic rings. The number of nitrogens with one attached hydrogen (secondary N) is 1. The van der Waals surface area contributed by atoms with Crippen molar-refractivity contribution in [2.24, 2.45) is 0 Å². The number of benzene rings is 1. The Morgan fingerprint density at radius 1 is 1.33 bits per heavy atom. The summed E-state index contributed by atoms with van der Waals surface area (Å²) in [6.45, 7) is 0.950. The molecule has 0 unspecified atom stereocenters. The smallest absolute Gasteiger partial charge is 0.231 e. The Hall–Kier alpha value is -1.22. The minimum Gasteiger partial charge on any atom is -0.454 e. The molecule has 0 atom stereocenters. The Morgan fingerprint density at radius 3 is 3.00 bits per heavy atom. The monoisotopic (exact) mass is 163 g/mol. The second-order valence-electron chi connectivity index (χ2n) is 2.57. The van der Waals surface area contributed by atoms with Crippen LogP contribution >= 0.6 is 0 Å². The fraction of sp³-hybridized carbons (Fsp3) is 0.222. The molecule has 1 N–H and O–H groups in total. The molecule has 1 aliphatic heterocycles. The lowest BCUT2D eigenvalue weighted by Gasteiger charge is -2.00. The zero-order chi connectivity index (χ0) is 8.39. The second-order valence-corrected chi connectivity index (χ2v) is 2.57. The Kier molecular flexibility index (Phi) is 1.87. The predicted octanol–water partition coefficient (Wildman–Crippen LogP) is 1.17. The standard InChI is InChI=1S/C9H9NO2/c1-10-5-7-2-3-8-9(4-7)12-6-11-8/h1-4,10H,5-6H2. The Morgan fingerprint density at radius 2 is 2.17 bits per heavy atom. The van der Waals surface area contributed by atoms with Crippen molar-refractivity contribution in [3.8, 4) is 11.5 Å². The summed E-state index contributed by atoms with van der Waals surface area (Å²) in [4.78, 5) is 0. The molecule has 0 aliphatic carbocycles. The summed E-state index contributed by atoms with van der Waals surface area (Å²) < 4.78 is 10.4. The van der Waals surface area contributed by atoms with Gasteiger partial charge in [0.25, 0.3) is 0 Å². The molecule has 1 heterocycles. The minimum atomic E-state index is 0.314. The molecule has 0 saturated carbocycles. The number of hydrogen-bond donors (Lipinski definition) is 1. The molecule has 0 spiro atoms. The van der Waals surface area contributed by atoms with Crippen molar-refractivity contribution in [2.75, 3.05) is 6.79 Å². The van der Waals surface area contributed by atoms with E-state index in [0.29, 0.717) is 13.3 Å². The lowest BCUT2D eigenvalue weighted by molar-refractivity contribution is 0.174. The van der Waals surface area contributed by atoms with Crippen molar-refractivity contribution in [2.45, 2.75) is 6.54 Å². The molecular formula is C9H9NO2. The van der Waals surface area contributed by atoms with Crippen LogP contribution in [-0.2, 0) is 6.54 Å². The lowest BCUT2D eigenvalue weighted by Crippen LogP contribution is -2.01. The van der Waals surface area contributed by atoms with Gasteiger partial charge in [0.15, 0.2) is 11.5 Å². The van der Waals surface area contributed by atoms with Crippen molar-refractivity contribution in [1.29, 1.82) is 0 Å². The molecule has 2 radical (unpaired) electrons. The minimum absolute atomic E-state index is 0.314. The first-order chi connectivity index (χ1) is 5.90. The van der Waals surface area contributed by atoms with E-state index in [1.54, 1.807) is 0 Å². The molecule has 0 bridgehead atoms. The first kappa shape index (κ1) is 7.43. The van der Waals surface area contributed by atoms with Crippen molar-refractivity contribution in [1.82, 2.24) is 5.32 Å². The van der Waals surface area contributed by atoms with E-state index in [-0.39, 0.29) is 0 Å². The number of rotatable bonds is 2. The van der Waals surface area contributed by atoms with Gasteiger partial charge in [0.1, 0.15) is 0 Å². The summed E-state index contributed by atoms with van der Waals surface area (Å²) in [6.07, 6.45) is 0. The van der Waals surface area contributed by atoms with Gasteiger partial charge in [0.05, 0.1) is 0 Å². The van der Waals surface area contributed by atoms with Crippen LogP contribution in [0.25, 0.3) is 0 Å². The third-order valence-corrected chi connectivity index (χ3v) is 1.74. The van der Waals surface area contributed by atoms with Gasteiger partial charge in [-0.1, -0.05) is 6.07 Å². The van der Waals surface area contributed by atoms with E-state index < -0.39 is 0 Å². The van der Waals surface area contributed by atoms with E-state index in [1.165, 1.54) is 0 Å². The summed E-state index contributed by atoms with van der Waals surface area (Å²) in [7, 11) is 5.18. The van der Waals surface area contributed by atoms with Crippen LogP contribution in [0, 0.1) is 7.05 Å². The number of hydrogen-bond acceptors (Lipinski definition) is 3. The largest absolute Gasteiger partial charge is 0.454 e. The van der Waals surface area contributed by atoms with Crippen LogP contribution in [-0.4, -0.2) is 6.79 Å². The van der Waals surface area contributed by atoms with E-state index in [4.69, 9.17) is 16.5 Å². The van der Waals surface area contributed by atoms with Gasteiger partial charge >= 0.3 is 0 Å². The van der Waals surface area contributed by atoms with Gasteiger partial charge in [-0.05, 0) is 17.7 Å². The van der Waals surface area contributed by atoms with Crippen molar-refractivity contribution in [3.63, 3.8) is 0 Å². The van der Waals surface area contributed by atoms with Crippen LogP contribution in [0.1, 0.15) is 5.56 Å². The highest BCUT2D eigenvalue weighted by molar-refractivity contribution is 5.44. The summed E-state index contributed by atoms with van der Waals surface area (Å²) in [5.41, 5.74) is 1.08. The third kappa shape index (κ3) is 1.23. The molecule has 2 rings (SSSR count).